The molecule has 2 atom stereocenters. The van der Waals surface area contributed by atoms with Crippen molar-refractivity contribution in [3.8, 4) is 5.75 Å². The number of carboxylic acid groups (broad SMARTS) is 1. The van der Waals surface area contributed by atoms with Crippen molar-refractivity contribution in [2.75, 3.05) is 20.2 Å². The molecule has 0 radical (unpaired) electrons. The highest BCUT2D eigenvalue weighted by molar-refractivity contribution is 5.85. The summed E-state index contributed by atoms with van der Waals surface area (Å²) < 4.78 is 43.8. The van der Waals surface area contributed by atoms with E-state index in [9.17, 15) is 22.8 Å². The lowest BCUT2D eigenvalue weighted by Crippen LogP contribution is -2.34. The van der Waals surface area contributed by atoms with Gasteiger partial charge >= 0.3 is 12.1 Å². The van der Waals surface area contributed by atoms with Gasteiger partial charge < -0.3 is 14.7 Å². The Morgan fingerprint density at radius 1 is 1.33 bits per heavy atom. The van der Waals surface area contributed by atoms with Gasteiger partial charge in [-0.3, -0.25) is 9.59 Å². The first-order chi connectivity index (χ1) is 10.7. The van der Waals surface area contributed by atoms with Crippen LogP contribution >= 0.6 is 12.4 Å². The number of hydrogen-bond acceptors (Lipinski definition) is 3. The number of amides is 1. The Bertz CT molecular complexity index is 609. The predicted octanol–water partition coefficient (Wildman–Crippen LogP) is 2.38. The van der Waals surface area contributed by atoms with E-state index in [4.69, 9.17) is 9.84 Å². The number of rotatable bonds is 4. The number of nitrogens with zero attached hydrogens (tertiary/aromatic N) is 1. The number of carboxylic acids is 1. The SMILES string of the molecule is COc1cccc(CC(=O)N2C[C@@H](C(F)(F)F)[C@H](C(=O)O)C2)c1.Cl. The maximum absolute atomic E-state index is 12.9. The molecule has 1 aromatic rings. The third-order valence-corrected chi connectivity index (χ3v) is 3.90. The van der Waals surface area contributed by atoms with Crippen LogP contribution in [-0.4, -0.2) is 48.3 Å². The van der Waals surface area contributed by atoms with Gasteiger partial charge in [0.1, 0.15) is 5.75 Å². The molecule has 1 aromatic carbocycles. The minimum atomic E-state index is -4.64. The second-order valence-electron chi connectivity index (χ2n) is 5.42. The molecule has 2 rings (SSSR count). The fourth-order valence-electron chi connectivity index (χ4n) is 2.66. The first-order valence-electron chi connectivity index (χ1n) is 6.92. The van der Waals surface area contributed by atoms with E-state index in [0.717, 1.165) is 4.90 Å². The maximum atomic E-state index is 12.9. The van der Waals surface area contributed by atoms with Crippen molar-refractivity contribution in [2.24, 2.45) is 11.8 Å². The Morgan fingerprint density at radius 3 is 2.50 bits per heavy atom. The zero-order valence-corrected chi connectivity index (χ0v) is 13.6. The van der Waals surface area contributed by atoms with Gasteiger partial charge in [0.2, 0.25) is 5.91 Å². The Kier molecular flexibility index (Phi) is 6.48. The van der Waals surface area contributed by atoms with E-state index >= 15 is 0 Å². The van der Waals surface area contributed by atoms with Gasteiger partial charge in [0.15, 0.2) is 0 Å². The number of ether oxygens (including phenoxy) is 1. The predicted molar refractivity (Wildman–Crippen MR) is 81.2 cm³/mol. The van der Waals surface area contributed by atoms with Gasteiger partial charge in [-0.2, -0.15) is 13.2 Å². The quantitative estimate of drug-likeness (QED) is 0.887. The number of hydrogen-bond donors (Lipinski definition) is 1. The van der Waals surface area contributed by atoms with Crippen LogP contribution in [0.25, 0.3) is 0 Å². The fraction of sp³-hybridized carbons (Fsp3) is 0.467. The van der Waals surface area contributed by atoms with Crippen LogP contribution in [0.2, 0.25) is 0 Å². The Hall–Kier alpha value is -1.96. The van der Waals surface area contributed by atoms with Crippen LogP contribution < -0.4 is 4.74 Å². The molecule has 0 aliphatic carbocycles. The number of halogens is 4. The van der Waals surface area contributed by atoms with E-state index in [-0.39, 0.29) is 18.8 Å². The molecule has 24 heavy (non-hydrogen) atoms. The molecule has 0 unspecified atom stereocenters. The van der Waals surface area contributed by atoms with E-state index in [1.54, 1.807) is 24.3 Å². The second-order valence-corrected chi connectivity index (χ2v) is 5.42. The topological polar surface area (TPSA) is 66.8 Å². The average Bonchev–Trinajstić information content (AvgIpc) is 2.93. The van der Waals surface area contributed by atoms with Crippen molar-refractivity contribution < 1.29 is 32.6 Å². The molecule has 1 saturated heterocycles. The first-order valence-corrected chi connectivity index (χ1v) is 6.92. The summed E-state index contributed by atoms with van der Waals surface area (Å²) in [6.45, 7) is -1.05. The summed E-state index contributed by atoms with van der Waals surface area (Å²) >= 11 is 0. The summed E-state index contributed by atoms with van der Waals surface area (Å²) in [7, 11) is 1.47. The molecule has 1 aliphatic rings. The third-order valence-electron chi connectivity index (χ3n) is 3.90. The van der Waals surface area contributed by atoms with Gasteiger partial charge in [-0.05, 0) is 17.7 Å². The van der Waals surface area contributed by atoms with Gasteiger partial charge in [0, 0.05) is 13.1 Å². The number of methoxy groups -OCH3 is 1. The fourth-order valence-corrected chi connectivity index (χ4v) is 2.66. The summed E-state index contributed by atoms with van der Waals surface area (Å²) in [5.41, 5.74) is 0.594. The summed E-state index contributed by atoms with van der Waals surface area (Å²) in [5, 5.41) is 8.95. The lowest BCUT2D eigenvalue weighted by molar-refractivity contribution is -0.188. The first kappa shape index (κ1) is 20.1. The molecule has 0 aromatic heterocycles. The van der Waals surface area contributed by atoms with Gasteiger partial charge in [-0.25, -0.2) is 0 Å². The molecule has 0 bridgehead atoms. The Morgan fingerprint density at radius 2 is 2.00 bits per heavy atom. The highest BCUT2D eigenvalue weighted by Gasteiger charge is 2.53. The smallest absolute Gasteiger partial charge is 0.394 e. The van der Waals surface area contributed by atoms with Crippen molar-refractivity contribution in [3.05, 3.63) is 29.8 Å². The zero-order valence-electron chi connectivity index (χ0n) is 12.7. The van der Waals surface area contributed by atoms with E-state index in [1.165, 1.54) is 7.11 Å². The molecule has 134 valence electrons. The summed E-state index contributed by atoms with van der Waals surface area (Å²) in [6, 6.07) is 6.63. The number of likely N-dealkylation sites (tertiary alicyclic amines) is 1. The van der Waals surface area contributed by atoms with E-state index < -0.39 is 43.0 Å². The van der Waals surface area contributed by atoms with Gasteiger partial charge in [-0.15, -0.1) is 12.4 Å². The minimum Gasteiger partial charge on any atom is -0.497 e. The number of benzene rings is 1. The lowest BCUT2D eigenvalue weighted by Gasteiger charge is -2.18. The van der Waals surface area contributed by atoms with Crippen LogP contribution in [0.3, 0.4) is 0 Å². The van der Waals surface area contributed by atoms with Gasteiger partial charge in [0.25, 0.3) is 0 Å². The van der Waals surface area contributed by atoms with Crippen LogP contribution in [0.4, 0.5) is 13.2 Å². The van der Waals surface area contributed by atoms with Gasteiger partial charge in [-0.1, -0.05) is 12.1 Å². The van der Waals surface area contributed by atoms with Crippen molar-refractivity contribution in [1.82, 2.24) is 4.90 Å². The van der Waals surface area contributed by atoms with E-state index in [1.807, 2.05) is 0 Å². The van der Waals surface area contributed by atoms with E-state index in [2.05, 4.69) is 0 Å². The second kappa shape index (κ2) is 7.74. The largest absolute Gasteiger partial charge is 0.497 e. The highest BCUT2D eigenvalue weighted by Crippen LogP contribution is 2.37. The molecule has 1 N–H and O–H groups in total. The monoisotopic (exact) mass is 367 g/mol. The normalized spacial score (nSPS) is 20.4. The highest BCUT2D eigenvalue weighted by atomic mass is 35.5. The molecule has 1 amide bonds. The van der Waals surface area contributed by atoms with Crippen molar-refractivity contribution >= 4 is 24.3 Å². The maximum Gasteiger partial charge on any atom is 0.394 e. The molecule has 1 aliphatic heterocycles. The molecule has 0 saturated carbocycles. The van der Waals surface area contributed by atoms with Crippen molar-refractivity contribution in [2.45, 2.75) is 12.6 Å². The van der Waals surface area contributed by atoms with Gasteiger partial charge in [0.05, 0.1) is 25.4 Å². The molecule has 0 spiro atoms. The minimum absolute atomic E-state index is 0. The summed E-state index contributed by atoms with van der Waals surface area (Å²) in [6.07, 6.45) is -4.75. The standard InChI is InChI=1S/C15H16F3NO4.ClH/c1-23-10-4-2-3-9(5-10)6-13(20)19-7-11(14(21)22)12(8-19)15(16,17)18;/h2-5,11-12H,6-8H2,1H3,(H,21,22);1H/t11-,12-;/m1./s1. The summed E-state index contributed by atoms with van der Waals surface area (Å²) in [4.78, 5) is 24.2. The number of carbonyl (C=O) groups excluding carboxylic acids is 1. The molecular formula is C15H17ClF3NO4. The third kappa shape index (κ3) is 4.53. The van der Waals surface area contributed by atoms with Crippen LogP contribution in [0.1, 0.15) is 5.56 Å². The number of carbonyl (C=O) groups is 2. The Balaban J connectivity index is 0.00000288. The van der Waals surface area contributed by atoms with Crippen LogP contribution in [0, 0.1) is 11.8 Å². The summed E-state index contributed by atoms with van der Waals surface area (Å²) in [5.74, 6) is -5.19. The molecular weight excluding hydrogens is 351 g/mol. The number of aliphatic carboxylic acids is 1. The van der Waals surface area contributed by atoms with E-state index in [0.29, 0.717) is 11.3 Å². The lowest BCUT2D eigenvalue weighted by atomic mass is 9.96. The van der Waals surface area contributed by atoms with Crippen LogP contribution in [-0.2, 0) is 16.0 Å². The van der Waals surface area contributed by atoms with Crippen LogP contribution in [0.5, 0.6) is 5.75 Å². The van der Waals surface area contributed by atoms with Crippen molar-refractivity contribution in [3.63, 3.8) is 0 Å². The molecule has 1 heterocycles. The van der Waals surface area contributed by atoms with Crippen LogP contribution in [0.15, 0.2) is 24.3 Å². The Labute approximate surface area is 142 Å². The molecule has 1 fully saturated rings. The average molecular weight is 368 g/mol. The van der Waals surface area contributed by atoms with Crippen molar-refractivity contribution in [1.29, 1.82) is 0 Å². The zero-order chi connectivity index (χ0) is 17.2. The number of alkyl halides is 3. The molecule has 5 nitrogen and oxygen atoms in total. The molecule has 9 heteroatoms.